The van der Waals surface area contributed by atoms with E-state index < -0.39 is 11.4 Å². The molecule has 0 aromatic carbocycles. The molecule has 2 fully saturated rings. The molecular weight excluding hydrogens is 395 g/mol. The molecule has 2 aliphatic rings. The van der Waals surface area contributed by atoms with Gasteiger partial charge in [-0.1, -0.05) is 13.2 Å². The quantitative estimate of drug-likeness (QED) is 0.800. The van der Waals surface area contributed by atoms with Crippen LogP contribution >= 0.6 is 0 Å². The number of nitrogens with zero attached hydrogens (tertiary/aromatic N) is 5. The Morgan fingerprint density at radius 2 is 2.06 bits per heavy atom. The Morgan fingerprint density at radius 1 is 1.29 bits per heavy atom. The lowest BCUT2D eigenvalue weighted by Crippen LogP contribution is -2.50. The SMILES string of the molecule is C=Cc1nc([C@@H]2CC[C@H](N3CCN(c4ccc(C#N)cn4)CC3)C2)[nH]c(=O)c1C(=C)F. The van der Waals surface area contributed by atoms with Crippen LogP contribution in [-0.2, 0) is 0 Å². The molecular formula is C23H25FN6O. The molecule has 1 aliphatic carbocycles. The van der Waals surface area contributed by atoms with Crippen LogP contribution in [0.2, 0.25) is 0 Å². The topological polar surface area (TPSA) is 88.9 Å². The van der Waals surface area contributed by atoms with Crippen molar-refractivity contribution in [2.45, 2.75) is 31.2 Å². The first-order valence-corrected chi connectivity index (χ1v) is 10.5. The van der Waals surface area contributed by atoms with Gasteiger partial charge in [-0.25, -0.2) is 14.4 Å². The van der Waals surface area contributed by atoms with E-state index in [9.17, 15) is 9.18 Å². The van der Waals surface area contributed by atoms with Crippen molar-refractivity contribution in [3.8, 4) is 6.07 Å². The molecule has 8 heteroatoms. The number of H-pyrrole nitrogens is 1. The summed E-state index contributed by atoms with van der Waals surface area (Å²) in [5.41, 5.74) is 0.174. The number of pyridine rings is 1. The van der Waals surface area contributed by atoms with Gasteiger partial charge in [0.15, 0.2) is 0 Å². The van der Waals surface area contributed by atoms with E-state index in [1.54, 1.807) is 12.3 Å². The molecule has 3 heterocycles. The molecule has 0 bridgehead atoms. The van der Waals surface area contributed by atoms with Crippen LogP contribution in [0.25, 0.3) is 11.9 Å². The van der Waals surface area contributed by atoms with Crippen molar-refractivity contribution in [2.75, 3.05) is 31.1 Å². The molecule has 1 saturated carbocycles. The van der Waals surface area contributed by atoms with E-state index in [4.69, 9.17) is 5.26 Å². The van der Waals surface area contributed by atoms with Gasteiger partial charge in [0.1, 0.15) is 29.1 Å². The molecule has 0 amide bonds. The second kappa shape index (κ2) is 8.82. The number of hydrogen-bond donors (Lipinski definition) is 1. The van der Waals surface area contributed by atoms with Crippen molar-refractivity contribution in [3.63, 3.8) is 0 Å². The van der Waals surface area contributed by atoms with Crippen molar-refractivity contribution in [3.05, 3.63) is 64.5 Å². The molecule has 31 heavy (non-hydrogen) atoms. The number of anilines is 1. The smallest absolute Gasteiger partial charge is 0.261 e. The van der Waals surface area contributed by atoms with Crippen molar-refractivity contribution < 1.29 is 4.39 Å². The van der Waals surface area contributed by atoms with Crippen molar-refractivity contribution >= 4 is 17.7 Å². The molecule has 2 aromatic heterocycles. The zero-order chi connectivity index (χ0) is 22.0. The highest BCUT2D eigenvalue weighted by atomic mass is 19.1. The largest absolute Gasteiger partial charge is 0.354 e. The van der Waals surface area contributed by atoms with Gasteiger partial charge in [0.25, 0.3) is 5.56 Å². The lowest BCUT2D eigenvalue weighted by atomic mass is 10.1. The number of piperazine rings is 1. The third-order valence-electron chi connectivity index (χ3n) is 6.25. The zero-order valence-corrected chi connectivity index (χ0v) is 17.4. The summed E-state index contributed by atoms with van der Waals surface area (Å²) in [6.07, 6.45) is 5.88. The molecule has 2 aromatic rings. The summed E-state index contributed by atoms with van der Waals surface area (Å²) in [6, 6.07) is 6.21. The predicted octanol–water partition coefficient (Wildman–Crippen LogP) is 3.08. The zero-order valence-electron chi connectivity index (χ0n) is 17.4. The molecule has 0 radical (unpaired) electrons. The highest BCUT2D eigenvalue weighted by Crippen LogP contribution is 2.36. The van der Waals surface area contributed by atoms with Gasteiger partial charge in [-0.05, 0) is 37.5 Å². The van der Waals surface area contributed by atoms with Gasteiger partial charge < -0.3 is 9.88 Å². The Bertz CT molecular complexity index is 1080. The van der Waals surface area contributed by atoms with Crippen LogP contribution in [0.4, 0.5) is 10.2 Å². The number of halogens is 1. The average molecular weight is 420 g/mol. The Labute approximate surface area is 180 Å². The van der Waals surface area contributed by atoms with Crippen LogP contribution in [0.15, 0.2) is 36.3 Å². The number of nitrogens with one attached hydrogen (secondary N) is 1. The van der Waals surface area contributed by atoms with Crippen LogP contribution in [-0.4, -0.2) is 52.1 Å². The van der Waals surface area contributed by atoms with Gasteiger partial charge in [0.05, 0.1) is 11.3 Å². The summed E-state index contributed by atoms with van der Waals surface area (Å²) in [5.74, 6) is 0.842. The van der Waals surface area contributed by atoms with Crippen molar-refractivity contribution in [1.29, 1.82) is 5.26 Å². The summed E-state index contributed by atoms with van der Waals surface area (Å²) in [5, 5.41) is 8.92. The van der Waals surface area contributed by atoms with Gasteiger partial charge in [0, 0.05) is 44.3 Å². The Morgan fingerprint density at radius 3 is 2.68 bits per heavy atom. The fourth-order valence-corrected chi connectivity index (χ4v) is 4.61. The average Bonchev–Trinajstić information content (AvgIpc) is 3.29. The highest BCUT2D eigenvalue weighted by molar-refractivity contribution is 5.65. The summed E-state index contributed by atoms with van der Waals surface area (Å²) < 4.78 is 13.6. The van der Waals surface area contributed by atoms with Crippen molar-refractivity contribution in [2.24, 2.45) is 0 Å². The second-order valence-electron chi connectivity index (χ2n) is 8.02. The minimum Gasteiger partial charge on any atom is -0.354 e. The van der Waals surface area contributed by atoms with Crippen LogP contribution in [0.5, 0.6) is 0 Å². The molecule has 2 atom stereocenters. The third kappa shape index (κ3) is 4.28. The van der Waals surface area contributed by atoms with E-state index in [0.717, 1.165) is 51.3 Å². The predicted molar refractivity (Wildman–Crippen MR) is 118 cm³/mol. The molecule has 160 valence electrons. The monoisotopic (exact) mass is 420 g/mol. The Kier molecular flexibility index (Phi) is 5.96. The van der Waals surface area contributed by atoms with Gasteiger partial charge in [0.2, 0.25) is 0 Å². The Balaban J connectivity index is 1.39. The maximum absolute atomic E-state index is 13.6. The summed E-state index contributed by atoms with van der Waals surface area (Å²) in [4.78, 5) is 28.7. The summed E-state index contributed by atoms with van der Waals surface area (Å²) >= 11 is 0. The molecule has 1 aliphatic heterocycles. The normalized spacial score (nSPS) is 21.6. The first-order chi connectivity index (χ1) is 15.0. The first kappa shape index (κ1) is 20.9. The maximum Gasteiger partial charge on any atom is 0.261 e. The first-order valence-electron chi connectivity index (χ1n) is 10.5. The number of rotatable bonds is 5. The van der Waals surface area contributed by atoms with Crippen LogP contribution in [0.3, 0.4) is 0 Å². The lowest BCUT2D eigenvalue weighted by molar-refractivity contribution is 0.185. The van der Waals surface area contributed by atoms with E-state index in [-0.39, 0.29) is 17.2 Å². The molecule has 1 saturated heterocycles. The van der Waals surface area contributed by atoms with Gasteiger partial charge in [-0.3, -0.25) is 9.69 Å². The van der Waals surface area contributed by atoms with Crippen LogP contribution in [0, 0.1) is 11.3 Å². The number of nitriles is 1. The summed E-state index contributed by atoms with van der Waals surface area (Å²) in [6.45, 7) is 10.5. The minimum atomic E-state index is -0.797. The molecule has 0 spiro atoms. The van der Waals surface area contributed by atoms with Gasteiger partial charge >= 0.3 is 0 Å². The van der Waals surface area contributed by atoms with Crippen LogP contribution < -0.4 is 10.5 Å². The minimum absolute atomic E-state index is 0.136. The van der Waals surface area contributed by atoms with E-state index in [0.29, 0.717) is 17.4 Å². The van der Waals surface area contributed by atoms with E-state index in [2.05, 4.69) is 44.0 Å². The van der Waals surface area contributed by atoms with E-state index in [1.165, 1.54) is 6.08 Å². The lowest BCUT2D eigenvalue weighted by Gasteiger charge is -2.38. The molecule has 4 rings (SSSR count). The molecule has 7 nitrogen and oxygen atoms in total. The van der Waals surface area contributed by atoms with Gasteiger partial charge in [-0.2, -0.15) is 5.26 Å². The fourth-order valence-electron chi connectivity index (χ4n) is 4.61. The van der Waals surface area contributed by atoms with Crippen molar-refractivity contribution in [1.82, 2.24) is 19.9 Å². The third-order valence-corrected chi connectivity index (χ3v) is 6.25. The fraction of sp³-hybridized carbons (Fsp3) is 0.391. The van der Waals surface area contributed by atoms with E-state index in [1.807, 2.05) is 6.07 Å². The van der Waals surface area contributed by atoms with Crippen LogP contribution in [0.1, 0.15) is 47.8 Å². The standard InChI is InChI=1S/C23H25FN6O/c1-3-19-21(15(2)24)23(31)28-22(27-19)17-5-6-18(12-17)29-8-10-30(11-9-29)20-7-4-16(13-25)14-26-20/h3-4,7,14,17-18H,1-2,5-6,8-12H2,(H,27,28,31)/t17-,18+/m1/s1. The number of hydrogen-bond acceptors (Lipinski definition) is 6. The second-order valence-corrected chi connectivity index (χ2v) is 8.02. The number of aromatic amines is 1. The molecule has 0 unspecified atom stereocenters. The number of aromatic nitrogens is 3. The van der Waals surface area contributed by atoms with Gasteiger partial charge in [-0.15, -0.1) is 0 Å². The Hall–Kier alpha value is -3.31. The highest BCUT2D eigenvalue weighted by Gasteiger charge is 2.33. The maximum atomic E-state index is 13.6. The molecule has 1 N–H and O–H groups in total. The van der Waals surface area contributed by atoms with E-state index >= 15 is 0 Å². The summed E-state index contributed by atoms with van der Waals surface area (Å²) in [7, 11) is 0.